The van der Waals surface area contributed by atoms with Crippen LogP contribution in [0.3, 0.4) is 0 Å². The molecule has 1 fully saturated rings. The smallest absolute Gasteiger partial charge is 0.229 e. The highest BCUT2D eigenvalue weighted by Gasteiger charge is 2.47. The molecule has 0 radical (unpaired) electrons. The molecule has 2 amide bonds. The van der Waals surface area contributed by atoms with Gasteiger partial charge in [0.1, 0.15) is 10.8 Å². The molecule has 184 valence electrons. The van der Waals surface area contributed by atoms with E-state index in [1.54, 1.807) is 12.0 Å². The quantitative estimate of drug-likeness (QED) is 0.500. The monoisotopic (exact) mass is 496 g/mol. The molecule has 3 aliphatic rings. The summed E-state index contributed by atoms with van der Waals surface area (Å²) in [6, 6.07) is 3.71. The Balaban J connectivity index is 1.43. The Kier molecular flexibility index (Phi) is 6.27. The molecule has 2 heterocycles. The number of methoxy groups -OCH3 is 1. The third kappa shape index (κ3) is 4.29. The molecular formula is C25H29ClN6O3. The Hall–Kier alpha value is -3.33. The maximum Gasteiger partial charge on any atom is 0.229 e. The van der Waals surface area contributed by atoms with E-state index in [-0.39, 0.29) is 35.6 Å². The first-order valence-corrected chi connectivity index (χ1v) is 12.3. The average molecular weight is 497 g/mol. The van der Waals surface area contributed by atoms with E-state index in [4.69, 9.17) is 22.1 Å². The first-order valence-electron chi connectivity index (χ1n) is 11.9. The Morgan fingerprint density at radius 1 is 1.29 bits per heavy atom. The molecule has 0 spiro atoms. The number of fused-ring (bicyclic) bond motifs is 3. The second-order valence-electron chi connectivity index (χ2n) is 9.23. The van der Waals surface area contributed by atoms with E-state index >= 15 is 0 Å². The van der Waals surface area contributed by atoms with E-state index < -0.39 is 0 Å². The standard InChI is InChI=1S/C25H29ClN6O3/c1-3-32-18-11-19(35-2)17(10-13(18)5-4-6-20(32)33)29-25-28-12-16(26)24(31-25)30-22-15-8-7-14(9-15)21(22)23(27)34/h7-8,10-12,14-15,21-22H,3-6,9H2,1-2H3,(H2,27,34)(H2,28,29,30,31)/t14-,15+,21+,22-/m0/s1. The highest BCUT2D eigenvalue weighted by atomic mass is 35.5. The highest BCUT2D eigenvalue weighted by Crippen LogP contribution is 2.45. The number of amides is 2. The number of primary amides is 1. The maximum absolute atomic E-state index is 12.5. The SMILES string of the molecule is CCN1C(=O)CCCc2cc(Nc3ncc(Cl)c(N[C@@H]4[C@H](C(N)=O)[C@H]5C=C[C@@H]4C5)n3)c(OC)cc21. The molecule has 5 rings (SSSR count). The van der Waals surface area contributed by atoms with Gasteiger partial charge in [0.05, 0.1) is 30.6 Å². The summed E-state index contributed by atoms with van der Waals surface area (Å²) >= 11 is 6.41. The minimum atomic E-state index is -0.322. The molecule has 2 aromatic rings. The zero-order valence-corrected chi connectivity index (χ0v) is 20.5. The fraction of sp³-hybridized carbons (Fsp3) is 0.440. The van der Waals surface area contributed by atoms with E-state index in [0.29, 0.717) is 41.2 Å². The number of nitrogens with zero attached hydrogens (tertiary/aromatic N) is 3. The summed E-state index contributed by atoms with van der Waals surface area (Å²) in [7, 11) is 1.59. The number of halogens is 1. The normalized spacial score (nSPS) is 24.8. The van der Waals surface area contributed by atoms with Crippen molar-refractivity contribution in [2.45, 2.75) is 38.6 Å². The topological polar surface area (TPSA) is 122 Å². The summed E-state index contributed by atoms with van der Waals surface area (Å²) in [4.78, 5) is 35.3. The summed E-state index contributed by atoms with van der Waals surface area (Å²) in [5.74, 6) is 1.20. The number of benzene rings is 1. The van der Waals surface area contributed by atoms with Crippen LogP contribution in [0, 0.1) is 17.8 Å². The third-order valence-corrected chi connectivity index (χ3v) is 7.50. The lowest BCUT2D eigenvalue weighted by atomic mass is 9.88. The Morgan fingerprint density at radius 2 is 2.09 bits per heavy atom. The van der Waals surface area contributed by atoms with Crippen molar-refractivity contribution in [2.75, 3.05) is 29.2 Å². The lowest BCUT2D eigenvalue weighted by Gasteiger charge is -2.27. The lowest BCUT2D eigenvalue weighted by Crippen LogP contribution is -2.41. The van der Waals surface area contributed by atoms with Crippen LogP contribution in [0.5, 0.6) is 5.75 Å². The molecule has 9 nitrogen and oxygen atoms in total. The third-order valence-electron chi connectivity index (χ3n) is 7.23. The fourth-order valence-corrected chi connectivity index (χ4v) is 5.74. The van der Waals surface area contributed by atoms with Gasteiger partial charge in [0.25, 0.3) is 0 Å². The number of aromatic nitrogens is 2. The number of allylic oxidation sites excluding steroid dienone is 1. The summed E-state index contributed by atoms with van der Waals surface area (Å²) in [6.45, 7) is 2.57. The number of nitrogens with two attached hydrogens (primary N) is 1. The molecule has 35 heavy (non-hydrogen) atoms. The van der Waals surface area contributed by atoms with Gasteiger partial charge in [-0.1, -0.05) is 23.8 Å². The fourth-order valence-electron chi connectivity index (χ4n) is 5.59. The van der Waals surface area contributed by atoms with Crippen molar-refractivity contribution in [3.8, 4) is 5.75 Å². The van der Waals surface area contributed by atoms with Crippen molar-refractivity contribution < 1.29 is 14.3 Å². The number of hydrogen-bond donors (Lipinski definition) is 3. The van der Waals surface area contributed by atoms with E-state index in [9.17, 15) is 9.59 Å². The first kappa shape index (κ1) is 23.4. The van der Waals surface area contributed by atoms with Crippen molar-refractivity contribution in [1.82, 2.24) is 9.97 Å². The molecule has 4 N–H and O–H groups in total. The molecular weight excluding hydrogens is 468 g/mol. The van der Waals surface area contributed by atoms with Gasteiger partial charge < -0.3 is 26.0 Å². The van der Waals surface area contributed by atoms with Crippen molar-refractivity contribution >= 4 is 46.6 Å². The number of anilines is 4. The van der Waals surface area contributed by atoms with Gasteiger partial charge in [0, 0.05) is 25.1 Å². The van der Waals surface area contributed by atoms with Crippen LogP contribution >= 0.6 is 11.6 Å². The molecule has 10 heteroatoms. The highest BCUT2D eigenvalue weighted by molar-refractivity contribution is 6.32. The van der Waals surface area contributed by atoms with Gasteiger partial charge in [-0.3, -0.25) is 9.59 Å². The van der Waals surface area contributed by atoms with Gasteiger partial charge in [-0.2, -0.15) is 4.98 Å². The van der Waals surface area contributed by atoms with Gasteiger partial charge in [0.15, 0.2) is 5.82 Å². The van der Waals surface area contributed by atoms with Crippen LogP contribution in [0.15, 0.2) is 30.5 Å². The predicted molar refractivity (Wildman–Crippen MR) is 135 cm³/mol. The van der Waals surface area contributed by atoms with Crippen LogP contribution in [0.1, 0.15) is 31.7 Å². The number of aryl methyl sites for hydroxylation is 1. The van der Waals surface area contributed by atoms with Gasteiger partial charge in [-0.05, 0) is 49.7 Å². The Labute approximate surface area is 209 Å². The minimum absolute atomic E-state index is 0.121. The molecule has 2 bridgehead atoms. The summed E-state index contributed by atoms with van der Waals surface area (Å²) in [6.07, 6.45) is 8.71. The van der Waals surface area contributed by atoms with E-state index in [1.165, 1.54) is 6.20 Å². The molecule has 1 aliphatic heterocycles. The summed E-state index contributed by atoms with van der Waals surface area (Å²) in [5, 5.41) is 6.95. The number of nitrogens with one attached hydrogen (secondary N) is 2. The second-order valence-corrected chi connectivity index (χ2v) is 9.64. The number of carbonyl (C=O) groups excluding carboxylic acids is 2. The molecule has 1 saturated carbocycles. The lowest BCUT2D eigenvalue weighted by molar-refractivity contribution is -0.122. The molecule has 1 aromatic heterocycles. The van der Waals surface area contributed by atoms with Crippen LogP contribution in [0.4, 0.5) is 23.1 Å². The first-order chi connectivity index (χ1) is 16.9. The number of ether oxygens (including phenoxy) is 1. The largest absolute Gasteiger partial charge is 0.494 e. The number of carbonyl (C=O) groups is 2. The second kappa shape index (κ2) is 9.37. The van der Waals surface area contributed by atoms with Crippen LogP contribution in [-0.4, -0.2) is 41.5 Å². The molecule has 0 saturated heterocycles. The van der Waals surface area contributed by atoms with E-state index in [1.807, 2.05) is 19.1 Å². The maximum atomic E-state index is 12.5. The van der Waals surface area contributed by atoms with Crippen LogP contribution < -0.4 is 26.0 Å². The van der Waals surface area contributed by atoms with Gasteiger partial charge in [-0.15, -0.1) is 0 Å². The molecule has 1 aromatic carbocycles. The molecule has 2 aliphatic carbocycles. The summed E-state index contributed by atoms with van der Waals surface area (Å²) < 4.78 is 5.63. The van der Waals surface area contributed by atoms with Gasteiger partial charge >= 0.3 is 0 Å². The van der Waals surface area contributed by atoms with Crippen molar-refractivity contribution in [1.29, 1.82) is 0 Å². The average Bonchev–Trinajstić information content (AvgIpc) is 3.40. The van der Waals surface area contributed by atoms with Crippen molar-refractivity contribution in [3.05, 3.63) is 41.1 Å². The number of hydrogen-bond acceptors (Lipinski definition) is 7. The zero-order valence-electron chi connectivity index (χ0n) is 19.8. The predicted octanol–water partition coefficient (Wildman–Crippen LogP) is 3.66. The Bertz CT molecular complexity index is 1200. The van der Waals surface area contributed by atoms with Crippen LogP contribution in [0.25, 0.3) is 0 Å². The van der Waals surface area contributed by atoms with Crippen molar-refractivity contribution in [2.24, 2.45) is 23.5 Å². The van der Waals surface area contributed by atoms with E-state index in [2.05, 4.69) is 32.8 Å². The Morgan fingerprint density at radius 3 is 2.83 bits per heavy atom. The van der Waals surface area contributed by atoms with Crippen LogP contribution in [0.2, 0.25) is 5.02 Å². The minimum Gasteiger partial charge on any atom is -0.494 e. The van der Waals surface area contributed by atoms with Gasteiger partial charge in [0.2, 0.25) is 17.8 Å². The summed E-state index contributed by atoms with van der Waals surface area (Å²) in [5.41, 5.74) is 8.33. The molecule has 4 atom stereocenters. The molecule has 0 unspecified atom stereocenters. The van der Waals surface area contributed by atoms with Crippen LogP contribution in [-0.2, 0) is 16.0 Å². The zero-order chi connectivity index (χ0) is 24.7. The van der Waals surface area contributed by atoms with E-state index in [0.717, 1.165) is 30.5 Å². The van der Waals surface area contributed by atoms with Gasteiger partial charge in [-0.25, -0.2) is 4.98 Å². The van der Waals surface area contributed by atoms with Crippen molar-refractivity contribution in [3.63, 3.8) is 0 Å². The number of rotatable bonds is 7.